The molecule has 3 N–H and O–H groups in total. The van der Waals surface area contributed by atoms with Gasteiger partial charge in [-0.05, 0) is 24.8 Å². The summed E-state index contributed by atoms with van der Waals surface area (Å²) in [4.78, 5) is 11.6. The standard InChI is InChI=1S/C9H11NO2S/c1-5-3-4-6(13-2)7(8(5)10)9(11)12/h3-4H,10H2,1-2H3,(H,11,12). The molecule has 0 aliphatic carbocycles. The highest BCUT2D eigenvalue weighted by Crippen LogP contribution is 2.27. The Bertz CT molecular complexity index is 350. The number of carboxylic acid groups (broad SMARTS) is 1. The SMILES string of the molecule is CSc1ccc(C)c(N)c1C(=O)O. The molecule has 0 aromatic heterocycles. The zero-order valence-corrected chi connectivity index (χ0v) is 8.31. The van der Waals surface area contributed by atoms with Crippen LogP contribution in [0.5, 0.6) is 0 Å². The van der Waals surface area contributed by atoms with Gasteiger partial charge in [-0.3, -0.25) is 0 Å². The molecule has 0 bridgehead atoms. The number of aromatic carboxylic acids is 1. The molecule has 0 saturated heterocycles. The molecule has 0 unspecified atom stereocenters. The maximum absolute atomic E-state index is 10.9. The molecule has 0 aliphatic rings. The number of carbonyl (C=O) groups is 1. The van der Waals surface area contributed by atoms with Crippen molar-refractivity contribution in [3.05, 3.63) is 23.3 Å². The van der Waals surface area contributed by atoms with Gasteiger partial charge in [-0.1, -0.05) is 6.07 Å². The largest absolute Gasteiger partial charge is 0.478 e. The number of rotatable bonds is 2. The molecule has 0 amide bonds. The summed E-state index contributed by atoms with van der Waals surface area (Å²) >= 11 is 1.39. The highest BCUT2D eigenvalue weighted by molar-refractivity contribution is 7.98. The second kappa shape index (κ2) is 3.70. The van der Waals surface area contributed by atoms with Gasteiger partial charge in [0.05, 0.1) is 11.3 Å². The Balaban J connectivity index is 3.41. The van der Waals surface area contributed by atoms with Crippen LogP contribution in [0.25, 0.3) is 0 Å². The van der Waals surface area contributed by atoms with Crippen molar-refractivity contribution in [2.24, 2.45) is 0 Å². The third kappa shape index (κ3) is 1.78. The van der Waals surface area contributed by atoms with Crippen molar-refractivity contribution in [1.29, 1.82) is 0 Å². The molecule has 1 rings (SSSR count). The van der Waals surface area contributed by atoms with Gasteiger partial charge in [-0.25, -0.2) is 4.79 Å². The van der Waals surface area contributed by atoms with Crippen LogP contribution in [0.1, 0.15) is 15.9 Å². The molecule has 1 aromatic carbocycles. The smallest absolute Gasteiger partial charge is 0.338 e. The fourth-order valence-electron chi connectivity index (χ4n) is 1.09. The van der Waals surface area contributed by atoms with Crippen LogP contribution in [-0.2, 0) is 0 Å². The lowest BCUT2D eigenvalue weighted by Gasteiger charge is -2.08. The first-order chi connectivity index (χ1) is 6.07. The van der Waals surface area contributed by atoms with Crippen molar-refractivity contribution in [2.75, 3.05) is 12.0 Å². The number of nitrogen functional groups attached to an aromatic ring is 1. The van der Waals surface area contributed by atoms with E-state index < -0.39 is 5.97 Å². The molecule has 0 atom stereocenters. The van der Waals surface area contributed by atoms with E-state index in [4.69, 9.17) is 10.8 Å². The summed E-state index contributed by atoms with van der Waals surface area (Å²) in [5.74, 6) is -0.967. The van der Waals surface area contributed by atoms with Gasteiger partial charge in [0, 0.05) is 4.90 Å². The number of aryl methyl sites for hydroxylation is 1. The summed E-state index contributed by atoms with van der Waals surface area (Å²) in [6.07, 6.45) is 1.83. The van der Waals surface area contributed by atoms with E-state index in [1.54, 1.807) is 13.0 Å². The molecule has 13 heavy (non-hydrogen) atoms. The highest BCUT2D eigenvalue weighted by atomic mass is 32.2. The van der Waals surface area contributed by atoms with Gasteiger partial charge in [0.1, 0.15) is 0 Å². The van der Waals surface area contributed by atoms with E-state index in [0.717, 1.165) is 5.56 Å². The van der Waals surface area contributed by atoms with Crippen molar-refractivity contribution in [3.8, 4) is 0 Å². The molecule has 3 nitrogen and oxygen atoms in total. The maximum Gasteiger partial charge on any atom is 0.338 e. The Morgan fingerprint density at radius 3 is 2.62 bits per heavy atom. The zero-order chi connectivity index (χ0) is 10.0. The van der Waals surface area contributed by atoms with Crippen LogP contribution in [0.3, 0.4) is 0 Å². The van der Waals surface area contributed by atoms with E-state index in [2.05, 4.69) is 0 Å². The van der Waals surface area contributed by atoms with Gasteiger partial charge in [0.2, 0.25) is 0 Å². The van der Waals surface area contributed by atoms with Crippen molar-refractivity contribution in [3.63, 3.8) is 0 Å². The second-order valence-corrected chi connectivity index (χ2v) is 3.53. The summed E-state index contributed by atoms with van der Waals surface area (Å²) in [6, 6.07) is 3.60. The van der Waals surface area contributed by atoms with Crippen LogP contribution in [0.4, 0.5) is 5.69 Å². The second-order valence-electron chi connectivity index (χ2n) is 2.68. The molecule has 1 aromatic rings. The average molecular weight is 197 g/mol. The Kier molecular flexibility index (Phi) is 2.83. The van der Waals surface area contributed by atoms with E-state index in [-0.39, 0.29) is 5.56 Å². The van der Waals surface area contributed by atoms with Gasteiger partial charge in [0.25, 0.3) is 0 Å². The van der Waals surface area contributed by atoms with Crippen LogP contribution in [0.15, 0.2) is 17.0 Å². The van der Waals surface area contributed by atoms with Gasteiger partial charge in [-0.15, -0.1) is 11.8 Å². The minimum Gasteiger partial charge on any atom is -0.478 e. The van der Waals surface area contributed by atoms with Gasteiger partial charge in [-0.2, -0.15) is 0 Å². The first kappa shape index (κ1) is 9.92. The molecule has 0 fully saturated rings. The summed E-state index contributed by atoms with van der Waals surface area (Å²) in [6.45, 7) is 1.80. The summed E-state index contributed by atoms with van der Waals surface area (Å²) in [5, 5.41) is 8.91. The van der Waals surface area contributed by atoms with Crippen LogP contribution >= 0.6 is 11.8 Å². The third-order valence-electron chi connectivity index (χ3n) is 1.86. The maximum atomic E-state index is 10.9. The number of thioether (sulfide) groups is 1. The summed E-state index contributed by atoms with van der Waals surface area (Å²) < 4.78 is 0. The molecule has 0 heterocycles. The predicted molar refractivity (Wildman–Crippen MR) is 54.3 cm³/mol. The van der Waals surface area contributed by atoms with E-state index >= 15 is 0 Å². The molecular weight excluding hydrogens is 186 g/mol. The summed E-state index contributed by atoms with van der Waals surface area (Å²) in [7, 11) is 0. The molecule has 0 aliphatic heterocycles. The normalized spacial score (nSPS) is 10.0. The Morgan fingerprint density at radius 1 is 1.54 bits per heavy atom. The number of carboxylic acids is 1. The molecule has 0 radical (unpaired) electrons. The zero-order valence-electron chi connectivity index (χ0n) is 7.50. The number of hydrogen-bond acceptors (Lipinski definition) is 3. The van der Waals surface area contributed by atoms with Crippen LogP contribution < -0.4 is 5.73 Å². The van der Waals surface area contributed by atoms with Gasteiger partial charge < -0.3 is 10.8 Å². The molecule has 0 spiro atoms. The van der Waals surface area contributed by atoms with Crippen molar-refractivity contribution in [2.45, 2.75) is 11.8 Å². The molecular formula is C9H11NO2S. The highest BCUT2D eigenvalue weighted by Gasteiger charge is 2.14. The van der Waals surface area contributed by atoms with Crippen molar-refractivity contribution in [1.82, 2.24) is 0 Å². The van der Waals surface area contributed by atoms with Crippen LogP contribution in [0, 0.1) is 6.92 Å². The van der Waals surface area contributed by atoms with Gasteiger partial charge >= 0.3 is 5.97 Å². The third-order valence-corrected chi connectivity index (χ3v) is 2.64. The lowest BCUT2D eigenvalue weighted by atomic mass is 10.1. The number of benzene rings is 1. The minimum absolute atomic E-state index is 0.215. The quantitative estimate of drug-likeness (QED) is 0.562. The molecule has 70 valence electrons. The number of hydrogen-bond donors (Lipinski definition) is 2. The fraction of sp³-hybridized carbons (Fsp3) is 0.222. The Morgan fingerprint density at radius 2 is 2.15 bits per heavy atom. The van der Waals surface area contributed by atoms with E-state index in [1.807, 2.05) is 12.3 Å². The fourth-order valence-corrected chi connectivity index (χ4v) is 1.70. The molecule has 4 heteroatoms. The first-order valence-corrected chi connectivity index (χ1v) is 4.96. The number of nitrogens with two attached hydrogens (primary N) is 1. The van der Waals surface area contributed by atoms with Crippen LogP contribution in [0.2, 0.25) is 0 Å². The Hall–Kier alpha value is -1.16. The van der Waals surface area contributed by atoms with Gasteiger partial charge in [0.15, 0.2) is 0 Å². The molecule has 0 saturated carbocycles. The number of anilines is 1. The van der Waals surface area contributed by atoms with E-state index in [9.17, 15) is 4.79 Å². The monoisotopic (exact) mass is 197 g/mol. The Labute approximate surface area is 80.9 Å². The lowest BCUT2D eigenvalue weighted by molar-refractivity contribution is 0.0694. The average Bonchev–Trinajstić information content (AvgIpc) is 2.08. The van der Waals surface area contributed by atoms with Crippen LogP contribution in [-0.4, -0.2) is 17.3 Å². The van der Waals surface area contributed by atoms with E-state index in [0.29, 0.717) is 10.6 Å². The van der Waals surface area contributed by atoms with Crippen molar-refractivity contribution < 1.29 is 9.90 Å². The first-order valence-electron chi connectivity index (χ1n) is 3.74. The summed E-state index contributed by atoms with van der Waals surface area (Å²) in [5.41, 5.74) is 7.04. The van der Waals surface area contributed by atoms with E-state index in [1.165, 1.54) is 11.8 Å². The minimum atomic E-state index is -0.967. The topological polar surface area (TPSA) is 63.3 Å². The van der Waals surface area contributed by atoms with Crippen molar-refractivity contribution >= 4 is 23.4 Å². The lowest BCUT2D eigenvalue weighted by Crippen LogP contribution is -2.05. The predicted octanol–water partition coefficient (Wildman–Crippen LogP) is 2.00.